The molecule has 0 radical (unpaired) electrons. The zero-order chi connectivity index (χ0) is 10.6. The Balaban J connectivity index is 2.83. The van der Waals surface area contributed by atoms with E-state index in [0.717, 1.165) is 11.1 Å². The molecule has 0 bridgehead atoms. The molecule has 3 nitrogen and oxygen atoms in total. The molecular weight excluding hydrogens is 178 g/mol. The lowest BCUT2D eigenvalue weighted by molar-refractivity contribution is -0.117. The lowest BCUT2D eigenvalue weighted by atomic mass is 10.0. The summed E-state index contributed by atoms with van der Waals surface area (Å²) in [6, 6.07) is 5.73. The van der Waals surface area contributed by atoms with Gasteiger partial charge in [-0.1, -0.05) is 18.2 Å². The summed E-state index contributed by atoms with van der Waals surface area (Å²) < 4.78 is 0. The molecule has 1 aromatic carbocycles. The predicted octanol–water partition coefficient (Wildman–Crippen LogP) is 1.71. The molecule has 0 aromatic heterocycles. The van der Waals surface area contributed by atoms with Gasteiger partial charge in [-0.05, 0) is 30.5 Å². The average molecular weight is 189 g/mol. The molecule has 3 heteroatoms. The summed E-state index contributed by atoms with van der Waals surface area (Å²) in [6.45, 7) is 3.98. The second-order valence-electron chi connectivity index (χ2n) is 3.19. The average Bonchev–Trinajstić information content (AvgIpc) is 2.12. The van der Waals surface area contributed by atoms with E-state index < -0.39 is 5.91 Å². The fraction of sp³-hybridized carbons (Fsp3) is 0.273. The molecule has 72 valence electrons. The van der Waals surface area contributed by atoms with Crippen molar-refractivity contribution >= 4 is 12.0 Å². The number of amides is 1. The summed E-state index contributed by atoms with van der Waals surface area (Å²) in [4.78, 5) is 23.8. The molecule has 0 aliphatic heterocycles. The largest absolute Gasteiger partial charge is 0.271 e. The SMILES string of the molecule is Cc1ccc(CC(=O)N=C=O)cc1C. The van der Waals surface area contributed by atoms with Gasteiger partial charge in [0.25, 0.3) is 5.91 Å². The van der Waals surface area contributed by atoms with Crippen LogP contribution in [-0.2, 0) is 16.0 Å². The normalized spacial score (nSPS) is 9.29. The number of aliphatic imine (C=N–C) groups is 1. The van der Waals surface area contributed by atoms with Gasteiger partial charge in [-0.15, -0.1) is 4.99 Å². The van der Waals surface area contributed by atoms with E-state index in [2.05, 4.69) is 4.99 Å². The first-order valence-electron chi connectivity index (χ1n) is 4.30. The first kappa shape index (κ1) is 10.4. The van der Waals surface area contributed by atoms with Crippen molar-refractivity contribution in [2.24, 2.45) is 4.99 Å². The molecule has 0 aliphatic rings. The van der Waals surface area contributed by atoms with E-state index in [1.165, 1.54) is 11.6 Å². The van der Waals surface area contributed by atoms with Crippen molar-refractivity contribution in [1.29, 1.82) is 0 Å². The van der Waals surface area contributed by atoms with Gasteiger partial charge in [0, 0.05) is 0 Å². The van der Waals surface area contributed by atoms with Gasteiger partial charge >= 0.3 is 0 Å². The summed E-state index contributed by atoms with van der Waals surface area (Å²) >= 11 is 0. The first-order chi connectivity index (χ1) is 6.63. The minimum atomic E-state index is -0.455. The maximum Gasteiger partial charge on any atom is 0.260 e. The Kier molecular flexibility index (Phi) is 3.32. The van der Waals surface area contributed by atoms with Crippen molar-refractivity contribution in [3.8, 4) is 0 Å². The van der Waals surface area contributed by atoms with Crippen LogP contribution in [0.3, 0.4) is 0 Å². The molecule has 0 saturated heterocycles. The van der Waals surface area contributed by atoms with Crippen LogP contribution in [0.1, 0.15) is 16.7 Å². The fourth-order valence-corrected chi connectivity index (χ4v) is 1.18. The topological polar surface area (TPSA) is 46.5 Å². The van der Waals surface area contributed by atoms with Crippen molar-refractivity contribution in [3.05, 3.63) is 34.9 Å². The third-order valence-electron chi connectivity index (χ3n) is 2.10. The molecule has 0 aliphatic carbocycles. The van der Waals surface area contributed by atoms with Gasteiger partial charge < -0.3 is 0 Å². The van der Waals surface area contributed by atoms with Gasteiger partial charge in [-0.3, -0.25) is 4.79 Å². The summed E-state index contributed by atoms with van der Waals surface area (Å²) in [5, 5.41) is 0. The van der Waals surface area contributed by atoms with Crippen LogP contribution in [0.5, 0.6) is 0 Å². The van der Waals surface area contributed by atoms with Crippen LogP contribution >= 0.6 is 0 Å². The van der Waals surface area contributed by atoms with Crippen LogP contribution in [-0.4, -0.2) is 12.0 Å². The first-order valence-corrected chi connectivity index (χ1v) is 4.30. The molecule has 0 N–H and O–H groups in total. The Morgan fingerprint density at radius 2 is 2.07 bits per heavy atom. The molecule has 0 fully saturated rings. The predicted molar refractivity (Wildman–Crippen MR) is 52.7 cm³/mol. The van der Waals surface area contributed by atoms with Gasteiger partial charge in [0.05, 0.1) is 6.42 Å². The third kappa shape index (κ3) is 2.64. The van der Waals surface area contributed by atoms with Crippen molar-refractivity contribution < 1.29 is 9.59 Å². The van der Waals surface area contributed by atoms with Crippen molar-refractivity contribution in [2.45, 2.75) is 20.3 Å². The van der Waals surface area contributed by atoms with E-state index in [-0.39, 0.29) is 6.42 Å². The number of hydrogen-bond donors (Lipinski definition) is 0. The van der Waals surface area contributed by atoms with E-state index in [1.54, 1.807) is 0 Å². The monoisotopic (exact) mass is 189 g/mol. The second kappa shape index (κ2) is 4.49. The summed E-state index contributed by atoms with van der Waals surface area (Å²) in [7, 11) is 0. The highest BCUT2D eigenvalue weighted by Crippen LogP contribution is 2.10. The van der Waals surface area contributed by atoms with Crippen LogP contribution in [0.4, 0.5) is 0 Å². The standard InChI is InChI=1S/C11H11NO2/c1-8-3-4-10(5-9(8)2)6-11(14)12-7-13/h3-5H,6H2,1-2H3. The maximum absolute atomic E-state index is 11.0. The quantitative estimate of drug-likeness (QED) is 0.525. The zero-order valence-corrected chi connectivity index (χ0v) is 8.20. The summed E-state index contributed by atoms with van der Waals surface area (Å²) in [5.74, 6) is -0.455. The van der Waals surface area contributed by atoms with E-state index in [4.69, 9.17) is 0 Å². The van der Waals surface area contributed by atoms with Crippen LogP contribution < -0.4 is 0 Å². The highest BCUT2D eigenvalue weighted by atomic mass is 16.2. The smallest absolute Gasteiger partial charge is 0.260 e. The number of carbonyl (C=O) groups is 1. The van der Waals surface area contributed by atoms with E-state index >= 15 is 0 Å². The number of rotatable bonds is 2. The molecule has 1 aromatic rings. The number of benzene rings is 1. The minimum absolute atomic E-state index is 0.163. The third-order valence-corrected chi connectivity index (χ3v) is 2.10. The maximum atomic E-state index is 11.0. The van der Waals surface area contributed by atoms with E-state index in [1.807, 2.05) is 32.0 Å². The minimum Gasteiger partial charge on any atom is -0.271 e. The van der Waals surface area contributed by atoms with Gasteiger partial charge in [-0.2, -0.15) is 0 Å². The Morgan fingerprint density at radius 1 is 1.36 bits per heavy atom. The fourth-order valence-electron chi connectivity index (χ4n) is 1.18. The van der Waals surface area contributed by atoms with Gasteiger partial charge in [0.1, 0.15) is 0 Å². The van der Waals surface area contributed by atoms with Crippen molar-refractivity contribution in [1.82, 2.24) is 0 Å². The number of nitrogens with zero attached hydrogens (tertiary/aromatic N) is 1. The zero-order valence-electron chi connectivity index (χ0n) is 8.20. The van der Waals surface area contributed by atoms with Crippen molar-refractivity contribution in [2.75, 3.05) is 0 Å². The molecule has 0 atom stereocenters. The Morgan fingerprint density at radius 3 is 2.64 bits per heavy atom. The highest BCUT2D eigenvalue weighted by molar-refractivity contribution is 5.83. The molecule has 1 rings (SSSR count). The molecule has 1 amide bonds. The summed E-state index contributed by atoms with van der Waals surface area (Å²) in [5.41, 5.74) is 3.18. The number of aryl methyl sites for hydroxylation is 2. The van der Waals surface area contributed by atoms with Gasteiger partial charge in [0.15, 0.2) is 0 Å². The van der Waals surface area contributed by atoms with Crippen molar-refractivity contribution in [3.63, 3.8) is 0 Å². The molecule has 0 unspecified atom stereocenters. The van der Waals surface area contributed by atoms with Crippen LogP contribution in [0.25, 0.3) is 0 Å². The molecule has 0 spiro atoms. The molecule has 0 saturated carbocycles. The summed E-state index contributed by atoms with van der Waals surface area (Å²) in [6.07, 6.45) is 1.40. The number of hydrogen-bond acceptors (Lipinski definition) is 2. The Bertz CT molecular complexity index is 404. The Labute approximate surface area is 82.5 Å². The highest BCUT2D eigenvalue weighted by Gasteiger charge is 2.02. The van der Waals surface area contributed by atoms with Gasteiger partial charge in [-0.25, -0.2) is 4.79 Å². The number of isocyanates is 1. The van der Waals surface area contributed by atoms with E-state index in [0.29, 0.717) is 0 Å². The second-order valence-corrected chi connectivity index (χ2v) is 3.19. The van der Waals surface area contributed by atoms with E-state index in [9.17, 15) is 9.59 Å². The lowest BCUT2D eigenvalue weighted by Gasteiger charge is -2.02. The van der Waals surface area contributed by atoms with Crippen LogP contribution in [0, 0.1) is 13.8 Å². The molecule has 14 heavy (non-hydrogen) atoms. The lowest BCUT2D eigenvalue weighted by Crippen LogP contribution is -1.99. The van der Waals surface area contributed by atoms with Gasteiger partial charge in [0.2, 0.25) is 6.08 Å². The molecular formula is C11H11NO2. The molecule has 0 heterocycles. The van der Waals surface area contributed by atoms with Crippen LogP contribution in [0.2, 0.25) is 0 Å². The number of carbonyl (C=O) groups excluding carboxylic acids is 2. The van der Waals surface area contributed by atoms with Crippen LogP contribution in [0.15, 0.2) is 23.2 Å². The Hall–Kier alpha value is -1.73.